The van der Waals surface area contributed by atoms with Gasteiger partial charge in [0.05, 0.1) is 8.49 Å². The van der Waals surface area contributed by atoms with Crippen molar-refractivity contribution in [2.24, 2.45) is 5.92 Å². The molecule has 18 heavy (non-hydrogen) atoms. The standard InChI is InChI=1S/C12H15IN2O3/c13-10-6-9(4-5-12(10)15(17)18)14-11-3-1-2-8(11)7-16/h4-6,8,11,14,16H,1-3,7H2. The molecule has 1 aliphatic rings. The van der Waals surface area contributed by atoms with Crippen molar-refractivity contribution in [2.75, 3.05) is 11.9 Å². The number of nitro benzene ring substituents is 1. The highest BCUT2D eigenvalue weighted by atomic mass is 127. The molecule has 2 atom stereocenters. The van der Waals surface area contributed by atoms with Gasteiger partial charge in [0.2, 0.25) is 0 Å². The molecule has 2 rings (SSSR count). The quantitative estimate of drug-likeness (QED) is 0.491. The van der Waals surface area contributed by atoms with Crippen LogP contribution >= 0.6 is 22.6 Å². The zero-order chi connectivity index (χ0) is 13.1. The van der Waals surface area contributed by atoms with Crippen molar-refractivity contribution in [1.82, 2.24) is 0 Å². The van der Waals surface area contributed by atoms with Gasteiger partial charge in [0, 0.05) is 30.3 Å². The van der Waals surface area contributed by atoms with Crippen LogP contribution in [0.5, 0.6) is 0 Å². The fraction of sp³-hybridized carbons (Fsp3) is 0.500. The van der Waals surface area contributed by atoms with Crippen LogP contribution in [0.15, 0.2) is 18.2 Å². The van der Waals surface area contributed by atoms with Gasteiger partial charge in [0.15, 0.2) is 0 Å². The lowest BCUT2D eigenvalue weighted by atomic mass is 10.0. The summed E-state index contributed by atoms with van der Waals surface area (Å²) in [5.41, 5.74) is 1.02. The van der Waals surface area contributed by atoms with Crippen LogP contribution in [0.2, 0.25) is 0 Å². The second-order valence-corrected chi connectivity index (χ2v) is 5.71. The summed E-state index contributed by atoms with van der Waals surface area (Å²) in [6, 6.07) is 5.30. The Morgan fingerprint density at radius 3 is 2.89 bits per heavy atom. The molecule has 1 aliphatic carbocycles. The second-order valence-electron chi connectivity index (χ2n) is 4.55. The average Bonchev–Trinajstić information content (AvgIpc) is 2.76. The third-order valence-electron chi connectivity index (χ3n) is 3.39. The maximum Gasteiger partial charge on any atom is 0.282 e. The number of hydrogen-bond donors (Lipinski definition) is 2. The van der Waals surface area contributed by atoms with E-state index in [1.807, 2.05) is 22.6 Å². The van der Waals surface area contributed by atoms with Crippen molar-refractivity contribution >= 4 is 34.0 Å². The Labute approximate surface area is 119 Å². The number of halogens is 1. The zero-order valence-electron chi connectivity index (χ0n) is 9.80. The van der Waals surface area contributed by atoms with Crippen LogP contribution in [0.4, 0.5) is 11.4 Å². The Hall–Kier alpha value is -0.890. The smallest absolute Gasteiger partial charge is 0.282 e. The number of aliphatic hydroxyl groups excluding tert-OH is 1. The van der Waals surface area contributed by atoms with Crippen molar-refractivity contribution in [2.45, 2.75) is 25.3 Å². The molecule has 5 nitrogen and oxygen atoms in total. The van der Waals surface area contributed by atoms with Gasteiger partial charge in [0.25, 0.3) is 5.69 Å². The predicted octanol–water partition coefficient (Wildman–Crippen LogP) is 2.77. The first-order chi connectivity index (χ1) is 8.61. The van der Waals surface area contributed by atoms with E-state index in [9.17, 15) is 15.2 Å². The predicted molar refractivity (Wildman–Crippen MR) is 77.7 cm³/mol. The molecule has 0 aromatic heterocycles. The van der Waals surface area contributed by atoms with E-state index in [4.69, 9.17) is 0 Å². The minimum Gasteiger partial charge on any atom is -0.396 e. The maximum absolute atomic E-state index is 10.7. The van der Waals surface area contributed by atoms with Gasteiger partial charge in [-0.1, -0.05) is 6.42 Å². The molecule has 1 saturated carbocycles. The van der Waals surface area contributed by atoms with E-state index in [-0.39, 0.29) is 29.2 Å². The first kappa shape index (κ1) is 13.5. The van der Waals surface area contributed by atoms with Crippen molar-refractivity contribution in [3.05, 3.63) is 31.9 Å². The highest BCUT2D eigenvalue weighted by molar-refractivity contribution is 14.1. The van der Waals surface area contributed by atoms with Gasteiger partial charge in [-0.25, -0.2) is 0 Å². The van der Waals surface area contributed by atoms with Crippen LogP contribution in [0.25, 0.3) is 0 Å². The molecular weight excluding hydrogens is 347 g/mol. The monoisotopic (exact) mass is 362 g/mol. The number of nitro groups is 1. The summed E-state index contributed by atoms with van der Waals surface area (Å²) in [6.45, 7) is 0.196. The lowest BCUT2D eigenvalue weighted by Gasteiger charge is -2.20. The largest absolute Gasteiger partial charge is 0.396 e. The molecule has 1 aromatic rings. The van der Waals surface area contributed by atoms with Crippen LogP contribution in [0.1, 0.15) is 19.3 Å². The first-order valence-corrected chi connectivity index (χ1v) is 7.01. The maximum atomic E-state index is 10.7. The summed E-state index contributed by atoms with van der Waals surface area (Å²) >= 11 is 1.97. The molecule has 98 valence electrons. The highest BCUT2D eigenvalue weighted by Crippen LogP contribution is 2.30. The van der Waals surface area contributed by atoms with Gasteiger partial charge in [-0.3, -0.25) is 10.1 Å². The molecule has 0 bridgehead atoms. The Bertz CT molecular complexity index is 453. The minimum atomic E-state index is -0.377. The number of hydrogen-bond acceptors (Lipinski definition) is 4. The molecule has 1 fully saturated rings. The summed E-state index contributed by atoms with van der Waals surface area (Å²) in [6.07, 6.45) is 3.20. The molecule has 2 N–H and O–H groups in total. The Balaban J connectivity index is 2.10. The molecule has 0 saturated heterocycles. The van der Waals surface area contributed by atoms with Crippen molar-refractivity contribution in [1.29, 1.82) is 0 Å². The number of aliphatic hydroxyl groups is 1. The van der Waals surface area contributed by atoms with E-state index in [0.717, 1.165) is 24.9 Å². The number of nitrogens with zero attached hydrogens (tertiary/aromatic N) is 1. The SMILES string of the molecule is O=[N+]([O-])c1ccc(NC2CCCC2CO)cc1I. The van der Waals surface area contributed by atoms with E-state index in [1.54, 1.807) is 12.1 Å². The van der Waals surface area contributed by atoms with E-state index in [1.165, 1.54) is 6.07 Å². The molecule has 0 radical (unpaired) electrons. The third-order valence-corrected chi connectivity index (χ3v) is 4.25. The Morgan fingerprint density at radius 2 is 2.28 bits per heavy atom. The summed E-state index contributed by atoms with van der Waals surface area (Å²) < 4.78 is 0.626. The van der Waals surface area contributed by atoms with Gasteiger partial charge in [0.1, 0.15) is 0 Å². The normalized spacial score (nSPS) is 23.0. The van der Waals surface area contributed by atoms with Crippen molar-refractivity contribution in [3.63, 3.8) is 0 Å². The fourth-order valence-corrected chi connectivity index (χ4v) is 3.12. The van der Waals surface area contributed by atoms with Crippen molar-refractivity contribution < 1.29 is 10.0 Å². The van der Waals surface area contributed by atoms with E-state index < -0.39 is 0 Å². The summed E-state index contributed by atoms with van der Waals surface area (Å²) in [7, 11) is 0. The number of benzene rings is 1. The topological polar surface area (TPSA) is 75.4 Å². The lowest BCUT2D eigenvalue weighted by Crippen LogP contribution is -2.26. The van der Waals surface area contributed by atoms with Crippen LogP contribution in [-0.4, -0.2) is 22.7 Å². The number of rotatable bonds is 4. The molecule has 0 amide bonds. The van der Waals surface area contributed by atoms with Gasteiger partial charge < -0.3 is 10.4 Å². The summed E-state index contributed by atoms with van der Waals surface area (Å²) in [5, 5.41) is 23.3. The molecular formula is C12H15IN2O3. The van der Waals surface area contributed by atoms with Crippen LogP contribution in [-0.2, 0) is 0 Å². The minimum absolute atomic E-state index is 0.131. The summed E-state index contributed by atoms with van der Waals surface area (Å²) in [5.74, 6) is 0.290. The van der Waals surface area contributed by atoms with Gasteiger partial charge in [-0.2, -0.15) is 0 Å². The average molecular weight is 362 g/mol. The van der Waals surface area contributed by atoms with Gasteiger partial charge >= 0.3 is 0 Å². The van der Waals surface area contributed by atoms with Crippen molar-refractivity contribution in [3.8, 4) is 0 Å². The molecule has 2 unspecified atom stereocenters. The molecule has 0 spiro atoms. The zero-order valence-corrected chi connectivity index (χ0v) is 12.0. The molecule has 6 heteroatoms. The number of nitrogens with one attached hydrogen (secondary N) is 1. The lowest BCUT2D eigenvalue weighted by molar-refractivity contribution is -0.385. The first-order valence-electron chi connectivity index (χ1n) is 5.93. The Kier molecular flexibility index (Phi) is 4.39. The third kappa shape index (κ3) is 2.92. The van der Waals surface area contributed by atoms with Crippen LogP contribution < -0.4 is 5.32 Å². The fourth-order valence-electron chi connectivity index (χ4n) is 2.40. The highest BCUT2D eigenvalue weighted by Gasteiger charge is 2.26. The van der Waals surface area contributed by atoms with E-state index in [0.29, 0.717) is 3.57 Å². The molecule has 0 aliphatic heterocycles. The molecule has 1 aromatic carbocycles. The van der Waals surface area contributed by atoms with Gasteiger partial charge in [-0.15, -0.1) is 0 Å². The molecule has 0 heterocycles. The van der Waals surface area contributed by atoms with E-state index >= 15 is 0 Å². The second kappa shape index (κ2) is 5.83. The van der Waals surface area contributed by atoms with Crippen LogP contribution in [0.3, 0.4) is 0 Å². The van der Waals surface area contributed by atoms with Crippen LogP contribution in [0, 0.1) is 19.6 Å². The summed E-state index contributed by atoms with van der Waals surface area (Å²) in [4.78, 5) is 10.3. The van der Waals surface area contributed by atoms with E-state index in [2.05, 4.69) is 5.32 Å². The Morgan fingerprint density at radius 1 is 1.50 bits per heavy atom. The van der Waals surface area contributed by atoms with Gasteiger partial charge in [-0.05, 0) is 47.6 Å². The number of anilines is 1.